The minimum Gasteiger partial charge on any atom is -0.748 e. The van der Waals surface area contributed by atoms with Crippen molar-refractivity contribution in [3.8, 4) is 0 Å². The number of hydrogen-bond acceptors (Lipinski definition) is 1. The van der Waals surface area contributed by atoms with E-state index in [9.17, 15) is 0 Å². The van der Waals surface area contributed by atoms with Crippen LogP contribution in [0.1, 0.15) is 24.2 Å². The summed E-state index contributed by atoms with van der Waals surface area (Å²) in [5.41, 5.74) is 2.47. The van der Waals surface area contributed by atoms with Gasteiger partial charge in [-0.1, -0.05) is 0 Å². The molecule has 1 nitrogen and oxygen atoms in total. The first-order valence-electron chi connectivity index (χ1n) is 8.30. The molecule has 0 aromatic heterocycles. The van der Waals surface area contributed by atoms with E-state index in [0.29, 0.717) is 0 Å². The van der Waals surface area contributed by atoms with Crippen LogP contribution in [0.4, 0.5) is 0 Å². The molecule has 4 rings (SSSR count). The van der Waals surface area contributed by atoms with Crippen LogP contribution in [-0.4, -0.2) is 6.61 Å². The summed E-state index contributed by atoms with van der Waals surface area (Å²) < 4.78 is 5.73. The molecule has 0 heterocycles. The molecule has 0 atom stereocenters. The Kier molecular flexibility index (Phi) is 14.7. The van der Waals surface area contributed by atoms with Gasteiger partial charge in [-0.25, -0.2) is 36.4 Å². The van der Waals surface area contributed by atoms with Crippen molar-refractivity contribution in [1.29, 1.82) is 0 Å². The van der Waals surface area contributed by atoms with Gasteiger partial charge < -0.3 is 35.1 Å². The molecule has 0 aliphatic carbocycles. The Morgan fingerprint density at radius 3 is 1.35 bits per heavy atom. The second-order valence-corrected chi connectivity index (χ2v) is 5.20. The molecule has 4 aromatic carbocycles. The first-order chi connectivity index (χ1) is 11.9. The van der Waals surface area contributed by atoms with E-state index in [1.807, 2.05) is 91.9 Å². The Morgan fingerprint density at radius 2 is 1.08 bits per heavy atom. The zero-order valence-electron chi connectivity index (χ0n) is 14.8. The summed E-state index contributed by atoms with van der Waals surface area (Å²) in [5.74, 6) is 0. The summed E-state index contributed by atoms with van der Waals surface area (Å²) in [5, 5.41) is 0. The van der Waals surface area contributed by atoms with Gasteiger partial charge in [0.1, 0.15) is 0 Å². The molecule has 0 radical (unpaired) electrons. The minimum atomic E-state index is 0. The van der Waals surface area contributed by atoms with Crippen LogP contribution in [0, 0.1) is 0 Å². The van der Waals surface area contributed by atoms with Crippen molar-refractivity contribution < 1.29 is 38.9 Å². The Morgan fingerprint density at radius 1 is 0.692 bits per heavy atom. The molecule has 4 aromatic rings. The summed E-state index contributed by atoms with van der Waals surface area (Å²) in [7, 11) is 0. The van der Waals surface area contributed by atoms with Crippen LogP contribution in [0.5, 0.6) is 0 Å². The van der Waals surface area contributed by atoms with Crippen LogP contribution >= 0.6 is 0 Å². The maximum Gasteiger partial charge on any atom is 0.0422 e. The SMILES string of the molecule is CCOC([c-]1cccc1)[c-]1cccc1.[Fe].[Fe].[cH-]1[cH-][cH-][cH-][cH-]1.c1cc[cH-]c1. The third kappa shape index (κ3) is 9.19. The average molecular weight is 428 g/mol. The summed E-state index contributed by atoms with van der Waals surface area (Å²) in [4.78, 5) is 0. The van der Waals surface area contributed by atoms with Crippen LogP contribution in [-0.2, 0) is 38.9 Å². The summed E-state index contributed by atoms with van der Waals surface area (Å²) in [6.45, 7) is 2.76. The molecule has 0 unspecified atom stereocenters. The Bertz CT molecular complexity index is 583. The van der Waals surface area contributed by atoms with Crippen LogP contribution in [0.15, 0.2) is 109 Å². The van der Waals surface area contributed by atoms with Crippen LogP contribution in [0.3, 0.4) is 0 Å². The Labute approximate surface area is 178 Å². The van der Waals surface area contributed by atoms with Gasteiger partial charge in [0.2, 0.25) is 0 Å². The Balaban J connectivity index is 0.000000432. The molecular formula is C23H24Fe2O-8. The van der Waals surface area contributed by atoms with Crippen LogP contribution in [0.25, 0.3) is 0 Å². The fourth-order valence-corrected chi connectivity index (χ4v) is 2.32. The van der Waals surface area contributed by atoms with E-state index < -0.39 is 0 Å². The molecule has 0 spiro atoms. The standard InChI is InChI=1S/C13H14O.2C5H5.2Fe/c1-2-14-13(11-7-3-4-8-11)12-9-5-6-10-12;2*1-2-4-5-3-1;;/h3-10,13H,2H2,1H3;2*1-5H;;/q-2;-5;-1;;. The third-order valence-corrected chi connectivity index (χ3v) is 3.43. The normalized spacial score (nSPS) is 9.00. The molecule has 0 bridgehead atoms. The maximum absolute atomic E-state index is 5.73. The molecule has 0 saturated carbocycles. The second kappa shape index (κ2) is 15.6. The number of rotatable bonds is 4. The smallest absolute Gasteiger partial charge is 0.0422 e. The van der Waals surface area contributed by atoms with Gasteiger partial charge in [-0.2, -0.15) is 42.5 Å². The van der Waals surface area contributed by atoms with Gasteiger partial charge in [-0.15, -0.1) is 11.1 Å². The predicted octanol–water partition coefficient (Wildman–Crippen LogP) is 6.06. The minimum absolute atomic E-state index is 0. The van der Waals surface area contributed by atoms with Crippen molar-refractivity contribution in [1.82, 2.24) is 0 Å². The molecule has 0 fully saturated rings. The van der Waals surface area contributed by atoms with Gasteiger partial charge in [0.15, 0.2) is 0 Å². The summed E-state index contributed by atoms with van der Waals surface area (Å²) in [6, 6.07) is 36.6. The number of ether oxygens (including phenoxy) is 1. The van der Waals surface area contributed by atoms with Crippen molar-refractivity contribution in [3.63, 3.8) is 0 Å². The van der Waals surface area contributed by atoms with E-state index in [1.165, 1.54) is 11.1 Å². The van der Waals surface area contributed by atoms with Gasteiger partial charge in [-0.05, 0) is 6.92 Å². The molecule has 0 saturated heterocycles. The van der Waals surface area contributed by atoms with E-state index in [-0.39, 0.29) is 40.2 Å². The monoisotopic (exact) mass is 428 g/mol. The van der Waals surface area contributed by atoms with Crippen molar-refractivity contribution in [2.24, 2.45) is 0 Å². The van der Waals surface area contributed by atoms with Crippen LogP contribution < -0.4 is 0 Å². The van der Waals surface area contributed by atoms with E-state index in [0.717, 1.165) is 6.61 Å². The van der Waals surface area contributed by atoms with E-state index in [4.69, 9.17) is 4.74 Å². The molecule has 146 valence electrons. The Hall–Kier alpha value is -1.60. The van der Waals surface area contributed by atoms with Crippen molar-refractivity contribution >= 4 is 0 Å². The van der Waals surface area contributed by atoms with Gasteiger partial charge in [-0.3, -0.25) is 0 Å². The van der Waals surface area contributed by atoms with Gasteiger partial charge >= 0.3 is 0 Å². The zero-order chi connectivity index (χ0) is 16.9. The molecule has 0 N–H and O–H groups in total. The first kappa shape index (κ1) is 24.4. The number of hydrogen-bond donors (Lipinski definition) is 0. The molecule has 0 aliphatic heterocycles. The van der Waals surface area contributed by atoms with Gasteiger partial charge in [0, 0.05) is 46.8 Å². The van der Waals surface area contributed by atoms with Gasteiger partial charge in [0.05, 0.1) is 0 Å². The first-order valence-corrected chi connectivity index (χ1v) is 8.30. The quantitative estimate of drug-likeness (QED) is 0.284. The molecule has 3 heteroatoms. The summed E-state index contributed by atoms with van der Waals surface area (Å²) in [6.07, 6.45) is 0.102. The zero-order valence-corrected chi connectivity index (χ0v) is 17.0. The van der Waals surface area contributed by atoms with E-state index in [1.54, 1.807) is 0 Å². The fourth-order valence-electron chi connectivity index (χ4n) is 2.32. The van der Waals surface area contributed by atoms with Crippen molar-refractivity contribution in [3.05, 3.63) is 120 Å². The fraction of sp³-hybridized carbons (Fsp3) is 0.130. The average Bonchev–Trinajstić information content (AvgIpc) is 3.43. The van der Waals surface area contributed by atoms with Crippen molar-refractivity contribution in [2.75, 3.05) is 6.61 Å². The molecule has 26 heavy (non-hydrogen) atoms. The van der Waals surface area contributed by atoms with Crippen LogP contribution in [0.2, 0.25) is 0 Å². The van der Waals surface area contributed by atoms with E-state index in [2.05, 4.69) is 24.3 Å². The topological polar surface area (TPSA) is 9.23 Å². The molecule has 0 amide bonds. The predicted molar refractivity (Wildman–Crippen MR) is 102 cm³/mol. The molecule has 0 aliphatic rings. The van der Waals surface area contributed by atoms with Gasteiger partial charge in [0.25, 0.3) is 0 Å². The molecular weight excluding hydrogens is 404 g/mol. The van der Waals surface area contributed by atoms with Crippen molar-refractivity contribution in [2.45, 2.75) is 13.0 Å². The maximum atomic E-state index is 5.73. The third-order valence-electron chi connectivity index (χ3n) is 3.43. The summed E-state index contributed by atoms with van der Waals surface area (Å²) >= 11 is 0. The largest absolute Gasteiger partial charge is 0.748 e. The van der Waals surface area contributed by atoms with E-state index >= 15 is 0 Å². The second-order valence-electron chi connectivity index (χ2n) is 5.20.